The van der Waals surface area contributed by atoms with E-state index in [9.17, 15) is 19.7 Å². The highest BCUT2D eigenvalue weighted by molar-refractivity contribution is 5.94. The molecule has 0 fully saturated rings. The van der Waals surface area contributed by atoms with Gasteiger partial charge in [0.15, 0.2) is 0 Å². The molecule has 23 heavy (non-hydrogen) atoms. The van der Waals surface area contributed by atoms with Gasteiger partial charge in [0.25, 0.3) is 17.2 Å². The van der Waals surface area contributed by atoms with Crippen LogP contribution >= 0.6 is 0 Å². The topological polar surface area (TPSA) is 107 Å². The summed E-state index contributed by atoms with van der Waals surface area (Å²) < 4.78 is 1.41. The number of hydrogen-bond donors (Lipinski definition) is 1. The molecule has 1 heterocycles. The molecule has 0 aliphatic rings. The summed E-state index contributed by atoms with van der Waals surface area (Å²) in [7, 11) is 0. The Kier molecular flexibility index (Phi) is 5.19. The van der Waals surface area contributed by atoms with Crippen molar-refractivity contribution in [3.05, 3.63) is 68.4 Å². The summed E-state index contributed by atoms with van der Waals surface area (Å²) in [6, 6.07) is 6.78. The van der Waals surface area contributed by atoms with Gasteiger partial charge >= 0.3 is 0 Å². The van der Waals surface area contributed by atoms with E-state index < -0.39 is 4.92 Å². The van der Waals surface area contributed by atoms with Crippen LogP contribution in [0.15, 0.2) is 41.5 Å². The molecule has 0 saturated heterocycles. The molecular formula is C15H16N4O4. The fourth-order valence-electron chi connectivity index (χ4n) is 1.95. The van der Waals surface area contributed by atoms with Crippen molar-refractivity contribution in [3.8, 4) is 0 Å². The molecule has 2 rings (SSSR count). The van der Waals surface area contributed by atoms with Crippen LogP contribution in [0.5, 0.6) is 0 Å². The average Bonchev–Trinajstić information content (AvgIpc) is 2.56. The predicted octanol–water partition coefficient (Wildman–Crippen LogP) is 1.14. The van der Waals surface area contributed by atoms with Crippen molar-refractivity contribution in [1.82, 2.24) is 14.9 Å². The van der Waals surface area contributed by atoms with Crippen molar-refractivity contribution in [2.45, 2.75) is 19.9 Å². The minimum absolute atomic E-state index is 0.0739. The first-order valence-corrected chi connectivity index (χ1v) is 7.09. The zero-order valence-corrected chi connectivity index (χ0v) is 12.6. The van der Waals surface area contributed by atoms with Gasteiger partial charge in [-0.3, -0.25) is 24.3 Å². The van der Waals surface area contributed by atoms with Gasteiger partial charge in [-0.2, -0.15) is 0 Å². The number of nitrogens with zero attached hydrogens (tertiary/aromatic N) is 3. The Bertz CT molecular complexity index is 768. The molecular weight excluding hydrogens is 300 g/mol. The van der Waals surface area contributed by atoms with E-state index in [1.165, 1.54) is 41.2 Å². The number of aromatic nitrogens is 2. The lowest BCUT2D eigenvalue weighted by atomic mass is 10.2. The third-order valence-electron chi connectivity index (χ3n) is 3.28. The van der Waals surface area contributed by atoms with Crippen LogP contribution < -0.4 is 10.9 Å². The zero-order valence-electron chi connectivity index (χ0n) is 12.6. The summed E-state index contributed by atoms with van der Waals surface area (Å²) in [4.78, 5) is 37.9. The second-order valence-electron chi connectivity index (χ2n) is 4.83. The van der Waals surface area contributed by atoms with Gasteiger partial charge in [0.1, 0.15) is 0 Å². The number of benzene rings is 1. The fraction of sp³-hybridized carbons (Fsp3) is 0.267. The Labute approximate surface area is 131 Å². The standard InChI is InChI=1S/C15H16N4O4/c1-2-12-9-14(20)18(10-17-12)8-7-16-15(21)11-3-5-13(6-4-11)19(22)23/h3-6,9-10H,2,7-8H2,1H3,(H,16,21). The third kappa shape index (κ3) is 4.22. The van der Waals surface area contributed by atoms with E-state index in [1.54, 1.807) is 0 Å². The Morgan fingerprint density at radius 3 is 2.61 bits per heavy atom. The number of amides is 1. The van der Waals surface area contributed by atoms with E-state index in [-0.39, 0.29) is 23.7 Å². The van der Waals surface area contributed by atoms with Crippen molar-refractivity contribution in [1.29, 1.82) is 0 Å². The lowest BCUT2D eigenvalue weighted by Gasteiger charge is -2.07. The molecule has 1 amide bonds. The fourth-order valence-corrected chi connectivity index (χ4v) is 1.95. The van der Waals surface area contributed by atoms with E-state index in [0.29, 0.717) is 18.5 Å². The maximum absolute atomic E-state index is 11.9. The third-order valence-corrected chi connectivity index (χ3v) is 3.28. The van der Waals surface area contributed by atoms with Gasteiger partial charge < -0.3 is 5.32 Å². The summed E-state index contributed by atoms with van der Waals surface area (Å²) in [5.74, 6) is -0.355. The molecule has 120 valence electrons. The number of nitrogens with one attached hydrogen (secondary N) is 1. The second-order valence-corrected chi connectivity index (χ2v) is 4.83. The van der Waals surface area contributed by atoms with Crippen LogP contribution in [-0.2, 0) is 13.0 Å². The Morgan fingerprint density at radius 1 is 1.35 bits per heavy atom. The number of nitro benzene ring substituents is 1. The van der Waals surface area contributed by atoms with Gasteiger partial charge in [-0.05, 0) is 18.6 Å². The van der Waals surface area contributed by atoms with Gasteiger partial charge in [-0.1, -0.05) is 6.92 Å². The maximum Gasteiger partial charge on any atom is 0.269 e. The van der Waals surface area contributed by atoms with Crippen molar-refractivity contribution in [3.63, 3.8) is 0 Å². The highest BCUT2D eigenvalue weighted by atomic mass is 16.6. The van der Waals surface area contributed by atoms with E-state index in [0.717, 1.165) is 5.69 Å². The number of hydrogen-bond acceptors (Lipinski definition) is 5. The van der Waals surface area contributed by atoms with Gasteiger partial charge in [0.05, 0.1) is 11.3 Å². The van der Waals surface area contributed by atoms with Gasteiger partial charge in [-0.25, -0.2) is 4.98 Å². The van der Waals surface area contributed by atoms with Crippen LogP contribution in [0.25, 0.3) is 0 Å². The van der Waals surface area contributed by atoms with Gasteiger partial charge in [0, 0.05) is 42.5 Å². The largest absolute Gasteiger partial charge is 0.350 e. The average molecular weight is 316 g/mol. The molecule has 0 atom stereocenters. The molecule has 1 N–H and O–H groups in total. The highest BCUT2D eigenvalue weighted by Gasteiger charge is 2.09. The number of aryl methyl sites for hydroxylation is 1. The first-order valence-electron chi connectivity index (χ1n) is 7.09. The molecule has 2 aromatic rings. The summed E-state index contributed by atoms with van der Waals surface area (Å²) in [6.45, 7) is 2.47. The van der Waals surface area contributed by atoms with Crippen LogP contribution in [0.1, 0.15) is 23.0 Å². The van der Waals surface area contributed by atoms with Crippen LogP contribution in [0.4, 0.5) is 5.69 Å². The second kappa shape index (κ2) is 7.30. The number of carbonyl (C=O) groups excluding carboxylic acids is 1. The molecule has 8 heteroatoms. The Morgan fingerprint density at radius 2 is 2.04 bits per heavy atom. The van der Waals surface area contributed by atoms with Crippen LogP contribution in [0.3, 0.4) is 0 Å². The number of carbonyl (C=O) groups is 1. The minimum atomic E-state index is -0.527. The van der Waals surface area contributed by atoms with E-state index in [1.807, 2.05) is 6.92 Å². The SMILES string of the molecule is CCc1cc(=O)n(CCNC(=O)c2ccc([N+](=O)[O-])cc2)cn1. The summed E-state index contributed by atoms with van der Waals surface area (Å²) in [6.07, 6.45) is 2.14. The van der Waals surface area contributed by atoms with Crippen molar-refractivity contribution >= 4 is 11.6 Å². The summed E-state index contributed by atoms with van der Waals surface area (Å²) in [5, 5.41) is 13.2. The Balaban J connectivity index is 1.92. The van der Waals surface area contributed by atoms with E-state index in [4.69, 9.17) is 0 Å². The molecule has 0 aliphatic carbocycles. The Hall–Kier alpha value is -3.03. The van der Waals surface area contributed by atoms with Crippen molar-refractivity contribution < 1.29 is 9.72 Å². The smallest absolute Gasteiger partial charge is 0.269 e. The van der Waals surface area contributed by atoms with Crippen molar-refractivity contribution in [2.24, 2.45) is 0 Å². The summed E-state index contributed by atoms with van der Waals surface area (Å²) >= 11 is 0. The molecule has 1 aromatic heterocycles. The van der Waals surface area contributed by atoms with Gasteiger partial charge in [0.2, 0.25) is 0 Å². The molecule has 1 aromatic carbocycles. The quantitative estimate of drug-likeness (QED) is 0.635. The molecule has 0 aliphatic heterocycles. The minimum Gasteiger partial charge on any atom is -0.350 e. The number of rotatable bonds is 6. The first-order chi connectivity index (χ1) is 11.0. The van der Waals surface area contributed by atoms with Crippen LogP contribution in [-0.4, -0.2) is 26.9 Å². The molecule has 0 unspecified atom stereocenters. The van der Waals surface area contributed by atoms with Crippen molar-refractivity contribution in [2.75, 3.05) is 6.54 Å². The molecule has 0 saturated carbocycles. The monoisotopic (exact) mass is 316 g/mol. The number of non-ortho nitro benzene ring substituents is 1. The lowest BCUT2D eigenvalue weighted by Crippen LogP contribution is -2.31. The van der Waals surface area contributed by atoms with E-state index in [2.05, 4.69) is 10.3 Å². The highest BCUT2D eigenvalue weighted by Crippen LogP contribution is 2.11. The maximum atomic E-state index is 11.9. The lowest BCUT2D eigenvalue weighted by molar-refractivity contribution is -0.384. The predicted molar refractivity (Wildman–Crippen MR) is 83.3 cm³/mol. The first kappa shape index (κ1) is 16.3. The van der Waals surface area contributed by atoms with Crippen LogP contribution in [0, 0.1) is 10.1 Å². The zero-order chi connectivity index (χ0) is 16.8. The summed E-state index contributed by atoms with van der Waals surface area (Å²) in [5.41, 5.74) is 0.806. The number of nitro groups is 1. The molecule has 8 nitrogen and oxygen atoms in total. The van der Waals surface area contributed by atoms with Crippen LogP contribution in [0.2, 0.25) is 0 Å². The van der Waals surface area contributed by atoms with E-state index >= 15 is 0 Å². The van der Waals surface area contributed by atoms with Gasteiger partial charge in [-0.15, -0.1) is 0 Å². The normalized spacial score (nSPS) is 10.3. The molecule has 0 radical (unpaired) electrons. The molecule has 0 spiro atoms. The molecule has 0 bridgehead atoms.